The van der Waals surface area contributed by atoms with E-state index in [-0.39, 0.29) is 24.9 Å². The molecule has 1 saturated carbocycles. The maximum absolute atomic E-state index is 12.8. The molecule has 0 spiro atoms. The Labute approximate surface area is 87.6 Å². The van der Waals surface area contributed by atoms with Crippen molar-refractivity contribution < 1.29 is 13.6 Å². The summed E-state index contributed by atoms with van der Waals surface area (Å²) in [6.45, 7) is -0.379. The summed E-state index contributed by atoms with van der Waals surface area (Å²) >= 11 is 0. The van der Waals surface area contributed by atoms with Gasteiger partial charge in [-0.15, -0.1) is 0 Å². The highest BCUT2D eigenvalue weighted by molar-refractivity contribution is 5.82. The number of hydrogen-bond donors (Lipinski definition) is 2. The monoisotopic (exact) mass is 218 g/mol. The predicted octanol–water partition coefficient (Wildman–Crippen LogP) is 1.04. The van der Waals surface area contributed by atoms with Gasteiger partial charge in [-0.3, -0.25) is 10.1 Å². The van der Waals surface area contributed by atoms with Crippen molar-refractivity contribution in [2.24, 2.45) is 0 Å². The van der Waals surface area contributed by atoms with E-state index >= 15 is 0 Å². The van der Waals surface area contributed by atoms with Crippen LogP contribution in [0.3, 0.4) is 0 Å². The number of amides is 1. The molecule has 2 N–H and O–H groups in total. The van der Waals surface area contributed by atoms with Crippen LogP contribution < -0.4 is 10.6 Å². The fraction of sp³-hybridized carbons (Fsp3) is 0.900. The van der Waals surface area contributed by atoms with Gasteiger partial charge >= 0.3 is 0 Å². The molecule has 15 heavy (non-hydrogen) atoms. The highest BCUT2D eigenvalue weighted by atomic mass is 19.3. The van der Waals surface area contributed by atoms with Gasteiger partial charge in [-0.1, -0.05) is 12.8 Å². The quantitative estimate of drug-likeness (QED) is 0.727. The molecule has 0 bridgehead atoms. The molecule has 0 aromatic rings. The molecule has 1 aliphatic carbocycles. The third-order valence-electron chi connectivity index (χ3n) is 3.13. The zero-order valence-corrected chi connectivity index (χ0v) is 8.56. The number of carbonyl (C=O) groups is 1. The Bertz CT molecular complexity index is 252. The minimum Gasteiger partial charge on any atom is -0.352 e. The van der Waals surface area contributed by atoms with E-state index in [0.29, 0.717) is 0 Å². The molecule has 86 valence electrons. The second kappa shape index (κ2) is 4.04. The molecule has 0 aromatic carbocycles. The summed E-state index contributed by atoms with van der Waals surface area (Å²) in [7, 11) is 0. The Morgan fingerprint density at radius 1 is 1.33 bits per heavy atom. The van der Waals surface area contributed by atoms with Crippen LogP contribution in [-0.2, 0) is 4.79 Å². The second-order valence-corrected chi connectivity index (χ2v) is 4.48. The molecule has 5 heteroatoms. The van der Waals surface area contributed by atoms with Crippen molar-refractivity contribution in [1.29, 1.82) is 0 Å². The zero-order valence-electron chi connectivity index (χ0n) is 8.56. The Balaban J connectivity index is 1.81. The topological polar surface area (TPSA) is 41.1 Å². The number of hydrogen-bond acceptors (Lipinski definition) is 2. The lowest BCUT2D eigenvalue weighted by Crippen LogP contribution is -2.44. The van der Waals surface area contributed by atoms with E-state index in [9.17, 15) is 13.6 Å². The van der Waals surface area contributed by atoms with E-state index < -0.39 is 12.0 Å². The maximum Gasteiger partial charge on any atom is 0.262 e. The molecule has 1 atom stereocenters. The van der Waals surface area contributed by atoms with E-state index in [1.807, 2.05) is 0 Å². The van der Waals surface area contributed by atoms with Gasteiger partial charge in [-0.25, -0.2) is 8.78 Å². The van der Waals surface area contributed by atoms with Crippen molar-refractivity contribution in [3.05, 3.63) is 0 Å². The number of nitrogens with one attached hydrogen (secondary N) is 2. The molecule has 2 fully saturated rings. The van der Waals surface area contributed by atoms with Crippen LogP contribution in [0.25, 0.3) is 0 Å². The number of rotatable bonds is 2. The molecule has 1 saturated heterocycles. The maximum atomic E-state index is 12.8. The minimum atomic E-state index is -2.72. The number of alkyl halides is 2. The van der Waals surface area contributed by atoms with Crippen LogP contribution in [0, 0.1) is 0 Å². The first-order chi connectivity index (χ1) is 7.07. The molecule has 3 nitrogen and oxygen atoms in total. The summed E-state index contributed by atoms with van der Waals surface area (Å²) in [5.74, 6) is -2.99. The van der Waals surface area contributed by atoms with Gasteiger partial charge in [-0.2, -0.15) is 0 Å². The molecular formula is C10H16F2N2O. The van der Waals surface area contributed by atoms with Crippen LogP contribution in [0.15, 0.2) is 0 Å². The molecule has 1 aliphatic heterocycles. The highest BCUT2D eigenvalue weighted by Crippen LogP contribution is 2.25. The minimum absolute atomic E-state index is 0.202. The Morgan fingerprint density at radius 3 is 2.53 bits per heavy atom. The van der Waals surface area contributed by atoms with Crippen LogP contribution in [-0.4, -0.2) is 30.5 Å². The molecule has 2 rings (SSSR count). The van der Waals surface area contributed by atoms with Crippen molar-refractivity contribution >= 4 is 5.91 Å². The van der Waals surface area contributed by atoms with Crippen LogP contribution in [0.2, 0.25) is 0 Å². The Hall–Kier alpha value is -0.710. The molecule has 1 amide bonds. The Kier molecular flexibility index (Phi) is 2.91. The third kappa shape index (κ3) is 2.65. The predicted molar refractivity (Wildman–Crippen MR) is 51.8 cm³/mol. The van der Waals surface area contributed by atoms with Gasteiger partial charge in [0.15, 0.2) is 0 Å². The molecule has 1 unspecified atom stereocenters. The van der Waals surface area contributed by atoms with Gasteiger partial charge in [0, 0.05) is 12.5 Å². The summed E-state index contributed by atoms with van der Waals surface area (Å²) in [5, 5.41) is 5.38. The first-order valence-corrected chi connectivity index (χ1v) is 5.48. The summed E-state index contributed by atoms with van der Waals surface area (Å²) in [5.41, 5.74) is 0. The first-order valence-electron chi connectivity index (χ1n) is 5.48. The van der Waals surface area contributed by atoms with Gasteiger partial charge in [0.25, 0.3) is 5.92 Å². The SMILES string of the molecule is O=C(NC1CCCC1)C1CC(F)(F)CN1. The first kappa shape index (κ1) is 10.8. The van der Waals surface area contributed by atoms with Crippen LogP contribution in [0.1, 0.15) is 32.1 Å². The van der Waals surface area contributed by atoms with E-state index in [2.05, 4.69) is 10.6 Å². The van der Waals surface area contributed by atoms with E-state index in [0.717, 1.165) is 25.7 Å². The van der Waals surface area contributed by atoms with Gasteiger partial charge in [0.05, 0.1) is 12.6 Å². The van der Waals surface area contributed by atoms with E-state index in [1.165, 1.54) is 0 Å². The lowest BCUT2D eigenvalue weighted by molar-refractivity contribution is -0.124. The third-order valence-corrected chi connectivity index (χ3v) is 3.13. The van der Waals surface area contributed by atoms with Crippen LogP contribution in [0.5, 0.6) is 0 Å². The van der Waals surface area contributed by atoms with Gasteiger partial charge in [0.1, 0.15) is 0 Å². The Morgan fingerprint density at radius 2 is 2.00 bits per heavy atom. The summed E-state index contributed by atoms with van der Waals surface area (Å²) in [6.07, 6.45) is 3.84. The van der Waals surface area contributed by atoms with Crippen molar-refractivity contribution in [2.75, 3.05) is 6.54 Å². The van der Waals surface area contributed by atoms with Gasteiger partial charge in [-0.05, 0) is 12.8 Å². The summed E-state index contributed by atoms with van der Waals surface area (Å²) in [4.78, 5) is 11.6. The fourth-order valence-corrected chi connectivity index (χ4v) is 2.27. The van der Waals surface area contributed by atoms with E-state index in [4.69, 9.17) is 0 Å². The summed E-state index contributed by atoms with van der Waals surface area (Å²) in [6, 6.07) is -0.505. The van der Waals surface area contributed by atoms with Crippen molar-refractivity contribution in [2.45, 2.75) is 50.1 Å². The highest BCUT2D eigenvalue weighted by Gasteiger charge is 2.42. The molecule has 2 aliphatic rings. The second-order valence-electron chi connectivity index (χ2n) is 4.48. The van der Waals surface area contributed by atoms with Crippen LogP contribution >= 0.6 is 0 Å². The van der Waals surface area contributed by atoms with Crippen molar-refractivity contribution in [1.82, 2.24) is 10.6 Å². The molecule has 0 radical (unpaired) electrons. The average molecular weight is 218 g/mol. The molecule has 1 heterocycles. The van der Waals surface area contributed by atoms with Gasteiger partial charge in [0.2, 0.25) is 5.91 Å². The van der Waals surface area contributed by atoms with Gasteiger partial charge < -0.3 is 5.32 Å². The smallest absolute Gasteiger partial charge is 0.262 e. The largest absolute Gasteiger partial charge is 0.352 e. The number of carbonyl (C=O) groups excluding carboxylic acids is 1. The van der Waals surface area contributed by atoms with Crippen molar-refractivity contribution in [3.63, 3.8) is 0 Å². The molecular weight excluding hydrogens is 202 g/mol. The van der Waals surface area contributed by atoms with Crippen LogP contribution in [0.4, 0.5) is 8.78 Å². The summed E-state index contributed by atoms with van der Waals surface area (Å²) < 4.78 is 25.7. The lowest BCUT2D eigenvalue weighted by Gasteiger charge is -2.15. The standard InChI is InChI=1S/C10H16F2N2O/c11-10(12)5-8(13-6-10)9(15)14-7-3-1-2-4-7/h7-8,13H,1-6H2,(H,14,15). The van der Waals surface area contributed by atoms with E-state index in [1.54, 1.807) is 0 Å². The normalized spacial score (nSPS) is 30.7. The average Bonchev–Trinajstić information content (AvgIpc) is 2.74. The fourth-order valence-electron chi connectivity index (χ4n) is 2.27. The lowest BCUT2D eigenvalue weighted by atomic mass is 10.1. The number of halogens is 2. The zero-order chi connectivity index (χ0) is 10.9. The van der Waals surface area contributed by atoms with Crippen molar-refractivity contribution in [3.8, 4) is 0 Å². The molecule has 0 aromatic heterocycles.